The molecule has 1 aliphatic heterocycles. The zero-order valence-electron chi connectivity index (χ0n) is 16.0. The topological polar surface area (TPSA) is 84.4 Å². The molecular weight excluding hydrogens is 364 g/mol. The van der Waals surface area contributed by atoms with Crippen molar-refractivity contribution in [1.29, 1.82) is 0 Å². The molecule has 1 unspecified atom stereocenters. The van der Waals surface area contributed by atoms with Crippen molar-refractivity contribution in [2.75, 3.05) is 35.4 Å². The first kappa shape index (κ1) is 19.4. The molecule has 0 aliphatic carbocycles. The zero-order valence-corrected chi connectivity index (χ0v) is 16.8. The number of ether oxygens (including phenoxy) is 1. The molecule has 2 heterocycles. The van der Waals surface area contributed by atoms with E-state index in [-0.39, 0.29) is 17.5 Å². The zero-order chi connectivity index (χ0) is 19.4. The van der Waals surface area contributed by atoms with E-state index < -0.39 is 9.84 Å². The van der Waals surface area contributed by atoms with Crippen LogP contribution >= 0.6 is 0 Å². The van der Waals surface area contributed by atoms with Gasteiger partial charge >= 0.3 is 0 Å². The predicted molar refractivity (Wildman–Crippen MR) is 107 cm³/mol. The third-order valence-corrected chi connectivity index (χ3v) is 6.47. The first-order valence-electron chi connectivity index (χ1n) is 9.09. The molecule has 1 aliphatic rings. The van der Waals surface area contributed by atoms with Crippen molar-refractivity contribution in [2.24, 2.45) is 0 Å². The van der Waals surface area contributed by atoms with Gasteiger partial charge in [-0.25, -0.2) is 13.4 Å². The minimum atomic E-state index is -2.95. The van der Waals surface area contributed by atoms with Crippen molar-refractivity contribution in [3.8, 4) is 5.75 Å². The van der Waals surface area contributed by atoms with Gasteiger partial charge in [-0.2, -0.15) is 4.98 Å². The summed E-state index contributed by atoms with van der Waals surface area (Å²) in [4.78, 5) is 11.2. The molecule has 0 saturated carbocycles. The third kappa shape index (κ3) is 4.88. The van der Waals surface area contributed by atoms with Crippen LogP contribution in [0.1, 0.15) is 24.6 Å². The Bertz CT molecular complexity index is 884. The molecule has 27 heavy (non-hydrogen) atoms. The standard InChI is InChI=1S/C19H26N4O3S/c1-4-23(16-9-10-27(24,25)13-16)19-21-14(2)11-18(22-19)20-12-15-5-7-17(26-3)8-6-15/h5-8,11,16H,4,9-10,12-13H2,1-3H3,(H,20,21,22). The molecule has 0 amide bonds. The molecule has 1 aromatic heterocycles. The number of anilines is 2. The minimum absolute atomic E-state index is 0.0590. The second-order valence-electron chi connectivity index (χ2n) is 6.74. The maximum Gasteiger partial charge on any atom is 0.227 e. The number of methoxy groups -OCH3 is 1. The van der Waals surface area contributed by atoms with Crippen LogP contribution in [0.4, 0.5) is 11.8 Å². The second-order valence-corrected chi connectivity index (χ2v) is 8.97. The molecule has 7 nitrogen and oxygen atoms in total. The minimum Gasteiger partial charge on any atom is -0.497 e. The van der Waals surface area contributed by atoms with Crippen LogP contribution in [-0.2, 0) is 16.4 Å². The summed E-state index contributed by atoms with van der Waals surface area (Å²) in [5.74, 6) is 2.54. The van der Waals surface area contributed by atoms with Crippen molar-refractivity contribution in [1.82, 2.24) is 9.97 Å². The van der Waals surface area contributed by atoms with Gasteiger partial charge in [-0.1, -0.05) is 12.1 Å². The number of hydrogen-bond acceptors (Lipinski definition) is 7. The summed E-state index contributed by atoms with van der Waals surface area (Å²) >= 11 is 0. The van der Waals surface area contributed by atoms with E-state index in [4.69, 9.17) is 4.74 Å². The van der Waals surface area contributed by atoms with Crippen LogP contribution in [0.5, 0.6) is 5.75 Å². The highest BCUT2D eigenvalue weighted by Crippen LogP contribution is 2.23. The van der Waals surface area contributed by atoms with E-state index in [1.807, 2.05) is 49.1 Å². The molecular formula is C19H26N4O3S. The van der Waals surface area contributed by atoms with Crippen molar-refractivity contribution in [2.45, 2.75) is 32.9 Å². The maximum atomic E-state index is 11.8. The van der Waals surface area contributed by atoms with Crippen LogP contribution in [0.15, 0.2) is 30.3 Å². The Morgan fingerprint density at radius 3 is 2.59 bits per heavy atom. The summed E-state index contributed by atoms with van der Waals surface area (Å²) < 4.78 is 28.9. The average Bonchev–Trinajstić information content (AvgIpc) is 3.00. The number of aromatic nitrogens is 2. The van der Waals surface area contributed by atoms with Gasteiger partial charge in [0.05, 0.1) is 18.6 Å². The molecule has 8 heteroatoms. The number of benzene rings is 1. The Kier molecular flexibility index (Phi) is 5.84. The molecule has 0 bridgehead atoms. The van der Waals surface area contributed by atoms with Crippen molar-refractivity contribution in [3.63, 3.8) is 0 Å². The largest absolute Gasteiger partial charge is 0.497 e. The fourth-order valence-electron chi connectivity index (χ4n) is 3.29. The molecule has 0 radical (unpaired) electrons. The molecule has 3 rings (SSSR count). The van der Waals surface area contributed by atoms with E-state index in [9.17, 15) is 8.42 Å². The summed E-state index contributed by atoms with van der Waals surface area (Å²) in [5, 5.41) is 3.33. The Morgan fingerprint density at radius 1 is 1.26 bits per heavy atom. The molecule has 2 aromatic rings. The lowest BCUT2D eigenvalue weighted by molar-refractivity contribution is 0.414. The fraction of sp³-hybridized carbons (Fsp3) is 0.474. The Morgan fingerprint density at radius 2 is 2.00 bits per heavy atom. The number of aryl methyl sites for hydroxylation is 1. The van der Waals surface area contributed by atoms with Crippen molar-refractivity contribution in [3.05, 3.63) is 41.6 Å². The number of hydrogen-bond donors (Lipinski definition) is 1. The SMILES string of the molecule is CCN(c1nc(C)cc(NCc2ccc(OC)cc2)n1)C1CCS(=O)(=O)C1. The average molecular weight is 391 g/mol. The highest BCUT2D eigenvalue weighted by Gasteiger charge is 2.33. The highest BCUT2D eigenvalue weighted by molar-refractivity contribution is 7.91. The van der Waals surface area contributed by atoms with Crippen LogP contribution < -0.4 is 15.0 Å². The lowest BCUT2D eigenvalue weighted by atomic mass is 10.2. The van der Waals surface area contributed by atoms with E-state index >= 15 is 0 Å². The summed E-state index contributed by atoms with van der Waals surface area (Å²) in [6.45, 7) is 5.22. The molecule has 1 aromatic carbocycles. The molecule has 146 valence electrons. The van der Waals surface area contributed by atoms with Gasteiger partial charge in [0, 0.05) is 30.9 Å². The lowest BCUT2D eigenvalue weighted by Gasteiger charge is -2.27. The van der Waals surface area contributed by atoms with Crippen LogP contribution in [-0.4, -0.2) is 49.6 Å². The molecule has 1 N–H and O–H groups in total. The monoisotopic (exact) mass is 390 g/mol. The molecule has 1 atom stereocenters. The number of nitrogens with zero attached hydrogens (tertiary/aromatic N) is 3. The predicted octanol–water partition coefficient (Wildman–Crippen LogP) is 2.42. The van der Waals surface area contributed by atoms with E-state index in [1.165, 1.54) is 0 Å². The summed E-state index contributed by atoms with van der Waals surface area (Å²) in [6, 6.07) is 9.69. The first-order chi connectivity index (χ1) is 12.9. The quantitative estimate of drug-likeness (QED) is 0.777. The number of rotatable bonds is 7. The van der Waals surface area contributed by atoms with Gasteiger partial charge in [-0.15, -0.1) is 0 Å². The molecule has 0 spiro atoms. The maximum absolute atomic E-state index is 11.8. The van der Waals surface area contributed by atoms with E-state index in [2.05, 4.69) is 15.3 Å². The van der Waals surface area contributed by atoms with Gasteiger partial charge in [-0.05, 0) is 38.0 Å². The van der Waals surface area contributed by atoms with Gasteiger partial charge in [-0.3, -0.25) is 0 Å². The smallest absolute Gasteiger partial charge is 0.227 e. The number of sulfone groups is 1. The summed E-state index contributed by atoms with van der Waals surface area (Å²) in [7, 11) is -1.31. The summed E-state index contributed by atoms with van der Waals surface area (Å²) in [5.41, 5.74) is 1.96. The lowest BCUT2D eigenvalue weighted by Crippen LogP contribution is -2.37. The molecule has 1 fully saturated rings. The van der Waals surface area contributed by atoms with E-state index in [0.717, 1.165) is 22.8 Å². The normalized spacial score (nSPS) is 18.3. The van der Waals surface area contributed by atoms with Gasteiger partial charge in [0.25, 0.3) is 0 Å². The van der Waals surface area contributed by atoms with Gasteiger partial charge in [0.1, 0.15) is 11.6 Å². The Labute approximate surface area is 160 Å². The Hall–Kier alpha value is -2.35. The third-order valence-electron chi connectivity index (χ3n) is 4.72. The van der Waals surface area contributed by atoms with Gasteiger partial charge in [0.2, 0.25) is 5.95 Å². The van der Waals surface area contributed by atoms with Crippen LogP contribution in [0, 0.1) is 6.92 Å². The fourth-order valence-corrected chi connectivity index (χ4v) is 5.02. The van der Waals surface area contributed by atoms with Crippen LogP contribution in [0.25, 0.3) is 0 Å². The number of nitrogens with one attached hydrogen (secondary N) is 1. The van der Waals surface area contributed by atoms with Gasteiger partial charge < -0.3 is 15.0 Å². The van der Waals surface area contributed by atoms with Crippen molar-refractivity contribution >= 4 is 21.6 Å². The van der Waals surface area contributed by atoms with Crippen LogP contribution in [0.3, 0.4) is 0 Å². The van der Waals surface area contributed by atoms with E-state index in [0.29, 0.717) is 25.5 Å². The highest BCUT2D eigenvalue weighted by atomic mass is 32.2. The Balaban J connectivity index is 1.74. The first-order valence-corrected chi connectivity index (χ1v) is 10.9. The van der Waals surface area contributed by atoms with Crippen LogP contribution in [0.2, 0.25) is 0 Å². The van der Waals surface area contributed by atoms with E-state index in [1.54, 1.807) is 7.11 Å². The van der Waals surface area contributed by atoms with Gasteiger partial charge in [0.15, 0.2) is 9.84 Å². The molecule has 1 saturated heterocycles. The summed E-state index contributed by atoms with van der Waals surface area (Å²) in [6.07, 6.45) is 0.627. The second kappa shape index (κ2) is 8.12. The van der Waals surface area contributed by atoms with Crippen molar-refractivity contribution < 1.29 is 13.2 Å².